The quantitative estimate of drug-likeness (QED) is 0.928. The van der Waals surface area contributed by atoms with Gasteiger partial charge in [-0.15, -0.1) is 11.3 Å². The van der Waals surface area contributed by atoms with Crippen LogP contribution >= 0.6 is 11.3 Å². The number of aryl methyl sites for hydroxylation is 1. The molecule has 112 valence electrons. The standard InChI is InChI=1S/C15H25N3OS/c1-10(2)9-13-14(20-11(3)17-13)15(19)18-7-5-12(16-4)6-8-18/h10,12,16H,5-9H2,1-4H3. The Balaban J connectivity index is 2.09. The van der Waals surface area contributed by atoms with Crippen molar-refractivity contribution in [3.8, 4) is 0 Å². The lowest BCUT2D eigenvalue weighted by atomic mass is 10.0. The molecule has 0 bridgehead atoms. The second-order valence-electron chi connectivity index (χ2n) is 5.96. The Labute approximate surface area is 125 Å². The highest BCUT2D eigenvalue weighted by molar-refractivity contribution is 7.13. The summed E-state index contributed by atoms with van der Waals surface area (Å²) in [5, 5.41) is 4.29. The molecule has 1 N–H and O–H groups in total. The van der Waals surface area contributed by atoms with E-state index in [1.165, 1.54) is 0 Å². The van der Waals surface area contributed by atoms with Crippen molar-refractivity contribution in [2.24, 2.45) is 5.92 Å². The number of hydrogen-bond acceptors (Lipinski definition) is 4. The topological polar surface area (TPSA) is 45.2 Å². The van der Waals surface area contributed by atoms with E-state index in [9.17, 15) is 4.79 Å². The summed E-state index contributed by atoms with van der Waals surface area (Å²) in [4.78, 5) is 20.1. The van der Waals surface area contributed by atoms with Crippen LogP contribution in [0.4, 0.5) is 0 Å². The molecule has 0 spiro atoms. The summed E-state index contributed by atoms with van der Waals surface area (Å²) in [5.41, 5.74) is 0.989. The van der Waals surface area contributed by atoms with Crippen LogP contribution in [-0.4, -0.2) is 42.0 Å². The van der Waals surface area contributed by atoms with Crippen LogP contribution in [0, 0.1) is 12.8 Å². The average molecular weight is 295 g/mol. The Kier molecular flexibility index (Phi) is 5.16. The first kappa shape index (κ1) is 15.4. The summed E-state index contributed by atoms with van der Waals surface area (Å²) >= 11 is 1.55. The van der Waals surface area contributed by atoms with Gasteiger partial charge in [0, 0.05) is 19.1 Å². The molecule has 1 amide bonds. The van der Waals surface area contributed by atoms with Gasteiger partial charge in [0.15, 0.2) is 0 Å². The fraction of sp³-hybridized carbons (Fsp3) is 0.733. The van der Waals surface area contributed by atoms with Crippen LogP contribution in [0.3, 0.4) is 0 Å². The molecular weight excluding hydrogens is 270 g/mol. The number of carbonyl (C=O) groups is 1. The molecule has 0 saturated carbocycles. The maximum absolute atomic E-state index is 12.7. The number of rotatable bonds is 4. The van der Waals surface area contributed by atoms with E-state index in [0.29, 0.717) is 12.0 Å². The highest BCUT2D eigenvalue weighted by atomic mass is 32.1. The monoisotopic (exact) mass is 295 g/mol. The molecule has 4 nitrogen and oxygen atoms in total. The van der Waals surface area contributed by atoms with Gasteiger partial charge in [-0.1, -0.05) is 13.8 Å². The van der Waals surface area contributed by atoms with Crippen LogP contribution < -0.4 is 5.32 Å². The molecule has 2 rings (SSSR count). The van der Waals surface area contributed by atoms with Crippen molar-refractivity contribution in [3.05, 3.63) is 15.6 Å². The fourth-order valence-corrected chi connectivity index (χ4v) is 3.59. The van der Waals surface area contributed by atoms with Crippen molar-refractivity contribution in [1.82, 2.24) is 15.2 Å². The lowest BCUT2D eigenvalue weighted by Gasteiger charge is -2.31. The predicted molar refractivity (Wildman–Crippen MR) is 83.4 cm³/mol. The molecule has 1 saturated heterocycles. The first-order chi connectivity index (χ1) is 9.51. The van der Waals surface area contributed by atoms with E-state index in [1.807, 2.05) is 18.9 Å². The molecule has 0 radical (unpaired) electrons. The molecule has 1 aliphatic heterocycles. The third-order valence-electron chi connectivity index (χ3n) is 3.79. The highest BCUT2D eigenvalue weighted by Crippen LogP contribution is 2.24. The van der Waals surface area contributed by atoms with E-state index >= 15 is 0 Å². The van der Waals surface area contributed by atoms with Crippen molar-refractivity contribution in [2.75, 3.05) is 20.1 Å². The SMILES string of the molecule is CNC1CCN(C(=O)c2sc(C)nc2CC(C)C)CC1. The minimum Gasteiger partial charge on any atom is -0.338 e. The van der Waals surface area contributed by atoms with Gasteiger partial charge < -0.3 is 10.2 Å². The van der Waals surface area contributed by atoms with E-state index in [0.717, 1.165) is 47.9 Å². The average Bonchev–Trinajstić information content (AvgIpc) is 2.78. The molecule has 1 aromatic rings. The second-order valence-corrected chi connectivity index (χ2v) is 7.17. The van der Waals surface area contributed by atoms with Crippen LogP contribution in [0.5, 0.6) is 0 Å². The summed E-state index contributed by atoms with van der Waals surface area (Å²) in [6.07, 6.45) is 2.97. The van der Waals surface area contributed by atoms with E-state index < -0.39 is 0 Å². The van der Waals surface area contributed by atoms with Crippen molar-refractivity contribution in [2.45, 2.75) is 46.1 Å². The Morgan fingerprint density at radius 1 is 1.45 bits per heavy atom. The Morgan fingerprint density at radius 2 is 2.10 bits per heavy atom. The zero-order valence-corrected chi connectivity index (χ0v) is 13.7. The Bertz CT molecular complexity index is 462. The van der Waals surface area contributed by atoms with Gasteiger partial charge in [-0.25, -0.2) is 4.98 Å². The van der Waals surface area contributed by atoms with Gasteiger partial charge in [0.2, 0.25) is 0 Å². The minimum atomic E-state index is 0.181. The zero-order chi connectivity index (χ0) is 14.7. The maximum Gasteiger partial charge on any atom is 0.265 e. The fourth-order valence-electron chi connectivity index (χ4n) is 2.68. The smallest absolute Gasteiger partial charge is 0.265 e. The number of carbonyl (C=O) groups excluding carboxylic acids is 1. The maximum atomic E-state index is 12.7. The number of piperidine rings is 1. The van der Waals surface area contributed by atoms with Crippen LogP contribution in [0.1, 0.15) is 47.1 Å². The van der Waals surface area contributed by atoms with Crippen molar-refractivity contribution >= 4 is 17.2 Å². The summed E-state index contributed by atoms with van der Waals surface area (Å²) in [6, 6.07) is 0.553. The molecule has 20 heavy (non-hydrogen) atoms. The van der Waals surface area contributed by atoms with Crippen LogP contribution in [0.2, 0.25) is 0 Å². The van der Waals surface area contributed by atoms with Gasteiger partial charge in [0.05, 0.1) is 10.7 Å². The number of nitrogens with zero attached hydrogens (tertiary/aromatic N) is 2. The van der Waals surface area contributed by atoms with Crippen molar-refractivity contribution < 1.29 is 4.79 Å². The number of hydrogen-bond donors (Lipinski definition) is 1. The second kappa shape index (κ2) is 6.68. The van der Waals surface area contributed by atoms with Gasteiger partial charge in [-0.2, -0.15) is 0 Å². The Morgan fingerprint density at radius 3 is 2.65 bits per heavy atom. The number of aromatic nitrogens is 1. The molecule has 1 aliphatic rings. The third kappa shape index (κ3) is 3.58. The first-order valence-corrected chi connectivity index (χ1v) is 8.25. The molecule has 1 fully saturated rings. The van der Waals surface area contributed by atoms with Crippen molar-refractivity contribution in [3.63, 3.8) is 0 Å². The number of likely N-dealkylation sites (tertiary alicyclic amines) is 1. The molecule has 0 aromatic carbocycles. The number of thiazole rings is 1. The highest BCUT2D eigenvalue weighted by Gasteiger charge is 2.26. The largest absolute Gasteiger partial charge is 0.338 e. The molecule has 2 heterocycles. The summed E-state index contributed by atoms with van der Waals surface area (Å²) in [5.74, 6) is 0.707. The van der Waals surface area contributed by atoms with Gasteiger partial charge in [0.25, 0.3) is 5.91 Å². The molecule has 0 aliphatic carbocycles. The van der Waals surface area contributed by atoms with Gasteiger partial charge in [-0.3, -0.25) is 4.79 Å². The summed E-state index contributed by atoms with van der Waals surface area (Å²) < 4.78 is 0. The molecule has 0 atom stereocenters. The van der Waals surface area contributed by atoms with E-state index in [-0.39, 0.29) is 5.91 Å². The summed E-state index contributed by atoms with van der Waals surface area (Å²) in [6.45, 7) is 8.02. The van der Waals surface area contributed by atoms with Crippen LogP contribution in [0.25, 0.3) is 0 Å². The Hall–Kier alpha value is -0.940. The molecule has 0 unspecified atom stereocenters. The van der Waals surface area contributed by atoms with E-state index in [4.69, 9.17) is 0 Å². The summed E-state index contributed by atoms with van der Waals surface area (Å²) in [7, 11) is 2.00. The van der Waals surface area contributed by atoms with Gasteiger partial charge in [-0.05, 0) is 39.2 Å². The molecule has 5 heteroatoms. The van der Waals surface area contributed by atoms with Crippen LogP contribution in [0.15, 0.2) is 0 Å². The molecule has 1 aromatic heterocycles. The van der Waals surface area contributed by atoms with E-state index in [2.05, 4.69) is 24.1 Å². The first-order valence-electron chi connectivity index (χ1n) is 7.44. The van der Waals surface area contributed by atoms with E-state index in [1.54, 1.807) is 11.3 Å². The number of amides is 1. The van der Waals surface area contributed by atoms with Crippen LogP contribution in [-0.2, 0) is 6.42 Å². The predicted octanol–water partition coefficient (Wildman–Crippen LogP) is 2.47. The minimum absolute atomic E-state index is 0.181. The zero-order valence-electron chi connectivity index (χ0n) is 12.9. The van der Waals surface area contributed by atoms with Gasteiger partial charge >= 0.3 is 0 Å². The number of nitrogens with one attached hydrogen (secondary N) is 1. The lowest BCUT2D eigenvalue weighted by Crippen LogP contribution is -2.44. The van der Waals surface area contributed by atoms with Gasteiger partial charge in [0.1, 0.15) is 4.88 Å². The lowest BCUT2D eigenvalue weighted by molar-refractivity contribution is 0.0711. The third-order valence-corrected chi connectivity index (χ3v) is 4.79. The molecular formula is C15H25N3OS. The normalized spacial score (nSPS) is 16.9. The van der Waals surface area contributed by atoms with Crippen molar-refractivity contribution in [1.29, 1.82) is 0 Å².